The van der Waals surface area contributed by atoms with Crippen LogP contribution in [0.3, 0.4) is 0 Å². The summed E-state index contributed by atoms with van der Waals surface area (Å²) >= 11 is 0. The van der Waals surface area contributed by atoms with Crippen molar-refractivity contribution in [1.29, 1.82) is 0 Å². The number of H-pyrrole nitrogens is 1. The monoisotopic (exact) mass is 527 g/mol. The molecule has 1 aromatic heterocycles. The number of hydrogen-bond donors (Lipinski definition) is 2. The SMILES string of the molecule is C[C@]1(C(=O)Nc2n[nH]c(-c3cccc(-c4ccccc4)c3)n2)CC2([N+](=O)[O-])c3ccccc3C1c1ccccc12. The molecule has 0 aliphatic heterocycles. The van der Waals surface area contributed by atoms with Gasteiger partial charge >= 0.3 is 0 Å². The molecule has 0 saturated carbocycles. The van der Waals surface area contributed by atoms with Crippen LogP contribution in [0.5, 0.6) is 0 Å². The van der Waals surface area contributed by atoms with Crippen LogP contribution in [0, 0.1) is 15.5 Å². The van der Waals surface area contributed by atoms with Crippen molar-refractivity contribution in [3.8, 4) is 22.5 Å². The number of rotatable bonds is 5. The molecule has 2 N–H and O–H groups in total. The zero-order valence-electron chi connectivity index (χ0n) is 21.7. The smallest absolute Gasteiger partial charge is 0.273 e. The summed E-state index contributed by atoms with van der Waals surface area (Å²) < 4.78 is 0. The normalized spacial score (nSPS) is 22.3. The van der Waals surface area contributed by atoms with Gasteiger partial charge in [-0.15, -0.1) is 5.10 Å². The number of amides is 1. The third-order valence-electron chi connectivity index (χ3n) is 8.48. The molecule has 0 radical (unpaired) electrons. The molecule has 8 heteroatoms. The lowest BCUT2D eigenvalue weighted by atomic mass is 9.49. The molecule has 8 nitrogen and oxygen atoms in total. The third-order valence-corrected chi connectivity index (χ3v) is 8.48. The van der Waals surface area contributed by atoms with Gasteiger partial charge in [-0.2, -0.15) is 4.98 Å². The maximum atomic E-state index is 14.0. The van der Waals surface area contributed by atoms with Gasteiger partial charge < -0.3 is 0 Å². The van der Waals surface area contributed by atoms with E-state index in [4.69, 9.17) is 0 Å². The number of hydrogen-bond acceptors (Lipinski definition) is 5. The molecule has 5 aromatic rings. The predicted molar refractivity (Wildman–Crippen MR) is 151 cm³/mol. The summed E-state index contributed by atoms with van der Waals surface area (Å²) in [5, 5.41) is 22.9. The molecular formula is C32H25N5O3. The summed E-state index contributed by atoms with van der Waals surface area (Å²) in [7, 11) is 0. The van der Waals surface area contributed by atoms with Gasteiger partial charge in [0.2, 0.25) is 11.9 Å². The highest BCUT2D eigenvalue weighted by molar-refractivity contribution is 5.96. The van der Waals surface area contributed by atoms with Crippen molar-refractivity contribution in [1.82, 2.24) is 15.2 Å². The van der Waals surface area contributed by atoms with Crippen molar-refractivity contribution in [3.05, 3.63) is 135 Å². The Kier molecular flexibility index (Phi) is 5.22. The molecule has 1 amide bonds. The Morgan fingerprint density at radius 1 is 0.875 bits per heavy atom. The number of aromatic amines is 1. The number of nitrogens with one attached hydrogen (secondary N) is 2. The number of benzene rings is 4. The Morgan fingerprint density at radius 2 is 1.48 bits per heavy atom. The van der Waals surface area contributed by atoms with E-state index in [1.807, 2.05) is 110 Å². The minimum atomic E-state index is -1.52. The first-order valence-electron chi connectivity index (χ1n) is 13.1. The molecule has 3 aliphatic rings. The van der Waals surface area contributed by atoms with Crippen LogP contribution in [0.2, 0.25) is 0 Å². The van der Waals surface area contributed by atoms with Gasteiger partial charge in [-0.1, -0.05) is 97.1 Å². The summed E-state index contributed by atoms with van der Waals surface area (Å²) in [4.78, 5) is 31.2. The van der Waals surface area contributed by atoms with E-state index in [1.165, 1.54) is 0 Å². The Balaban J connectivity index is 1.24. The molecule has 1 heterocycles. The maximum Gasteiger partial charge on any atom is 0.273 e. The van der Waals surface area contributed by atoms with E-state index < -0.39 is 11.0 Å². The van der Waals surface area contributed by atoms with Crippen LogP contribution >= 0.6 is 0 Å². The van der Waals surface area contributed by atoms with Crippen molar-refractivity contribution in [3.63, 3.8) is 0 Å². The molecule has 0 unspecified atom stereocenters. The molecule has 2 bridgehead atoms. The van der Waals surface area contributed by atoms with Crippen molar-refractivity contribution in [2.24, 2.45) is 5.41 Å². The van der Waals surface area contributed by atoms with Crippen LogP contribution in [0.1, 0.15) is 41.5 Å². The summed E-state index contributed by atoms with van der Waals surface area (Å²) in [5.41, 5.74) is 3.27. The highest BCUT2D eigenvalue weighted by atomic mass is 16.6. The first-order chi connectivity index (χ1) is 19.4. The Bertz CT molecular complexity index is 1750. The molecule has 0 fully saturated rings. The van der Waals surface area contributed by atoms with Gasteiger partial charge in [-0.3, -0.25) is 25.3 Å². The summed E-state index contributed by atoms with van der Waals surface area (Å²) in [6.45, 7) is 1.81. The van der Waals surface area contributed by atoms with E-state index in [-0.39, 0.29) is 29.1 Å². The molecule has 4 aromatic carbocycles. The minimum absolute atomic E-state index is 0.0356. The van der Waals surface area contributed by atoms with Gasteiger partial charge in [0.15, 0.2) is 5.82 Å². The lowest BCUT2D eigenvalue weighted by Crippen LogP contribution is -2.57. The summed E-state index contributed by atoms with van der Waals surface area (Å²) in [6.07, 6.45) is 0.0356. The fourth-order valence-electron chi connectivity index (χ4n) is 6.71. The van der Waals surface area contributed by atoms with E-state index in [9.17, 15) is 14.9 Å². The summed E-state index contributed by atoms with van der Waals surface area (Å²) in [6, 6.07) is 32.8. The van der Waals surface area contributed by atoms with Gasteiger partial charge in [-0.25, -0.2) is 0 Å². The second-order valence-corrected chi connectivity index (χ2v) is 10.7. The van der Waals surface area contributed by atoms with Crippen molar-refractivity contribution >= 4 is 11.9 Å². The van der Waals surface area contributed by atoms with Crippen LogP contribution in [-0.2, 0) is 10.3 Å². The minimum Gasteiger partial charge on any atom is -0.293 e. The number of anilines is 1. The van der Waals surface area contributed by atoms with E-state index >= 15 is 0 Å². The Morgan fingerprint density at radius 3 is 2.15 bits per heavy atom. The fourth-order valence-corrected chi connectivity index (χ4v) is 6.71. The first-order valence-corrected chi connectivity index (χ1v) is 13.1. The van der Waals surface area contributed by atoms with Gasteiger partial charge in [0, 0.05) is 34.0 Å². The number of carbonyl (C=O) groups is 1. The van der Waals surface area contributed by atoms with Gasteiger partial charge in [0.1, 0.15) is 0 Å². The van der Waals surface area contributed by atoms with Gasteiger partial charge in [0.25, 0.3) is 5.54 Å². The van der Waals surface area contributed by atoms with Crippen molar-refractivity contribution in [2.75, 3.05) is 5.32 Å². The molecule has 3 aliphatic carbocycles. The maximum absolute atomic E-state index is 14.0. The van der Waals surface area contributed by atoms with Crippen LogP contribution in [0.15, 0.2) is 103 Å². The topological polar surface area (TPSA) is 114 Å². The molecular weight excluding hydrogens is 502 g/mol. The number of nitro groups is 1. The molecule has 1 atom stereocenters. The van der Waals surface area contributed by atoms with Crippen molar-refractivity contribution in [2.45, 2.75) is 24.8 Å². The van der Waals surface area contributed by atoms with E-state index in [0.29, 0.717) is 17.0 Å². The number of fused-ring (bicyclic) bond motifs is 1. The quantitative estimate of drug-likeness (QED) is 0.210. The standard InChI is InChI=1S/C32H25N5O3/c1-31(19-32(37(39)40)25-16-7-5-14-23(25)27(31)24-15-6-8-17-26(24)32)29(38)34-30-33-28(35-36-30)22-13-9-12-21(18-22)20-10-3-2-4-11-20/h2-18,27H,19H2,1H3,(H2,33,34,35,36,38)/t27?,31-,32?/m0/s1. The molecule has 40 heavy (non-hydrogen) atoms. The zero-order valence-corrected chi connectivity index (χ0v) is 21.7. The van der Waals surface area contributed by atoms with Crippen LogP contribution in [0.25, 0.3) is 22.5 Å². The van der Waals surface area contributed by atoms with Gasteiger partial charge in [0.05, 0.1) is 5.41 Å². The van der Waals surface area contributed by atoms with E-state index in [0.717, 1.165) is 27.8 Å². The van der Waals surface area contributed by atoms with Crippen LogP contribution in [0.4, 0.5) is 5.95 Å². The second-order valence-electron chi connectivity index (χ2n) is 10.7. The Hall–Kier alpha value is -5.11. The summed E-state index contributed by atoms with van der Waals surface area (Å²) in [5.74, 6) is -0.0515. The number of nitrogens with zero attached hydrogens (tertiary/aromatic N) is 3. The van der Waals surface area contributed by atoms with E-state index in [2.05, 4.69) is 20.5 Å². The molecule has 8 rings (SSSR count). The average molecular weight is 528 g/mol. The number of aromatic nitrogens is 3. The van der Waals surface area contributed by atoms with Crippen molar-refractivity contribution < 1.29 is 9.72 Å². The molecule has 0 saturated heterocycles. The van der Waals surface area contributed by atoms with E-state index in [1.54, 1.807) is 0 Å². The fraction of sp³-hybridized carbons (Fsp3) is 0.156. The van der Waals surface area contributed by atoms with Crippen LogP contribution in [-0.4, -0.2) is 26.0 Å². The molecule has 0 spiro atoms. The lowest BCUT2D eigenvalue weighted by molar-refractivity contribution is -0.573. The first kappa shape index (κ1) is 24.0. The van der Waals surface area contributed by atoms with Crippen LogP contribution < -0.4 is 5.32 Å². The number of carbonyl (C=O) groups excluding carboxylic acids is 1. The highest BCUT2D eigenvalue weighted by Crippen LogP contribution is 2.63. The Labute approximate surface area is 230 Å². The molecule has 196 valence electrons. The lowest BCUT2D eigenvalue weighted by Gasteiger charge is -2.52. The average Bonchev–Trinajstić information content (AvgIpc) is 3.46. The van der Waals surface area contributed by atoms with Gasteiger partial charge in [-0.05, 0) is 35.2 Å². The zero-order chi connectivity index (χ0) is 27.5. The predicted octanol–water partition coefficient (Wildman–Crippen LogP) is 6.15. The highest BCUT2D eigenvalue weighted by Gasteiger charge is 2.67. The second kappa shape index (κ2) is 8.71. The third kappa shape index (κ3) is 3.35. The largest absolute Gasteiger partial charge is 0.293 e.